The van der Waals surface area contributed by atoms with E-state index in [9.17, 15) is 9.59 Å². The van der Waals surface area contributed by atoms with Gasteiger partial charge in [-0.3, -0.25) is 9.59 Å². The van der Waals surface area contributed by atoms with Gasteiger partial charge in [-0.2, -0.15) is 0 Å². The number of ether oxygens (including phenoxy) is 1. The van der Waals surface area contributed by atoms with Crippen molar-refractivity contribution < 1.29 is 14.3 Å². The molecule has 0 aromatic rings. The molecule has 2 atom stereocenters. The molecule has 2 aliphatic rings. The topological polar surface area (TPSA) is 58.6 Å². The SMILES string of the molecule is CCC1(CC)NC(=O)C(C)N(C2(C)CCCOC2)C1=O. The maximum Gasteiger partial charge on any atom is 0.249 e. The summed E-state index contributed by atoms with van der Waals surface area (Å²) in [5, 5.41) is 2.94. The second kappa shape index (κ2) is 5.35. The van der Waals surface area contributed by atoms with Crippen LogP contribution in [0.5, 0.6) is 0 Å². The molecule has 5 nitrogen and oxygen atoms in total. The summed E-state index contributed by atoms with van der Waals surface area (Å²) in [4.78, 5) is 27.1. The van der Waals surface area contributed by atoms with Crippen molar-refractivity contribution >= 4 is 11.8 Å². The van der Waals surface area contributed by atoms with E-state index >= 15 is 0 Å². The third kappa shape index (κ3) is 2.22. The van der Waals surface area contributed by atoms with Crippen molar-refractivity contribution in [3.63, 3.8) is 0 Å². The minimum absolute atomic E-state index is 0.0441. The molecule has 2 fully saturated rings. The Balaban J connectivity index is 2.38. The normalized spacial score (nSPS) is 34.0. The predicted molar refractivity (Wildman–Crippen MR) is 76.2 cm³/mol. The first-order valence-corrected chi connectivity index (χ1v) is 7.64. The summed E-state index contributed by atoms with van der Waals surface area (Å²) in [5.74, 6) is -0.0114. The lowest BCUT2D eigenvalue weighted by Crippen LogP contribution is -2.74. The second-order valence-corrected chi connectivity index (χ2v) is 6.28. The van der Waals surface area contributed by atoms with Crippen LogP contribution < -0.4 is 5.32 Å². The molecule has 1 N–H and O–H groups in total. The Labute approximate surface area is 121 Å². The summed E-state index contributed by atoms with van der Waals surface area (Å²) < 4.78 is 5.58. The van der Waals surface area contributed by atoms with Crippen LogP contribution in [0.4, 0.5) is 0 Å². The van der Waals surface area contributed by atoms with Crippen molar-refractivity contribution in [2.45, 2.75) is 70.5 Å². The quantitative estimate of drug-likeness (QED) is 0.852. The number of nitrogens with zero attached hydrogens (tertiary/aromatic N) is 1. The van der Waals surface area contributed by atoms with E-state index in [1.165, 1.54) is 0 Å². The molecular formula is C15H26N2O3. The van der Waals surface area contributed by atoms with Gasteiger partial charge in [0.25, 0.3) is 0 Å². The highest BCUT2D eigenvalue weighted by Gasteiger charge is 2.53. The molecule has 0 spiro atoms. The largest absolute Gasteiger partial charge is 0.379 e. The first-order valence-electron chi connectivity index (χ1n) is 7.64. The molecule has 0 aromatic carbocycles. The van der Waals surface area contributed by atoms with Gasteiger partial charge in [0.05, 0.1) is 12.1 Å². The third-order valence-corrected chi connectivity index (χ3v) is 4.96. The first kappa shape index (κ1) is 15.3. The highest BCUT2D eigenvalue weighted by molar-refractivity contribution is 6.00. The lowest BCUT2D eigenvalue weighted by atomic mass is 9.82. The number of hydrogen-bond acceptors (Lipinski definition) is 3. The lowest BCUT2D eigenvalue weighted by molar-refractivity contribution is -0.168. The van der Waals surface area contributed by atoms with Gasteiger partial charge in [-0.25, -0.2) is 0 Å². The zero-order valence-electron chi connectivity index (χ0n) is 13.0. The van der Waals surface area contributed by atoms with Crippen LogP contribution in [0.2, 0.25) is 0 Å². The number of carbonyl (C=O) groups is 2. The van der Waals surface area contributed by atoms with E-state index in [-0.39, 0.29) is 17.4 Å². The number of rotatable bonds is 3. The summed E-state index contributed by atoms with van der Waals surface area (Å²) in [6, 6.07) is -0.430. The molecule has 0 aromatic heterocycles. The van der Waals surface area contributed by atoms with E-state index in [0.717, 1.165) is 19.4 Å². The number of piperazine rings is 1. The number of amides is 2. The summed E-state index contributed by atoms with van der Waals surface area (Å²) >= 11 is 0. The van der Waals surface area contributed by atoms with E-state index in [1.807, 2.05) is 27.7 Å². The molecule has 0 saturated carbocycles. The molecule has 114 valence electrons. The molecule has 0 radical (unpaired) electrons. The molecule has 2 amide bonds. The fourth-order valence-electron chi connectivity index (χ4n) is 3.47. The number of hydrogen-bond donors (Lipinski definition) is 1. The Morgan fingerprint density at radius 2 is 2.00 bits per heavy atom. The Hall–Kier alpha value is -1.10. The molecule has 2 saturated heterocycles. The Bertz CT molecular complexity index is 398. The average molecular weight is 282 g/mol. The molecule has 0 bridgehead atoms. The number of carbonyl (C=O) groups excluding carboxylic acids is 2. The van der Waals surface area contributed by atoms with Crippen molar-refractivity contribution in [2.24, 2.45) is 0 Å². The molecule has 20 heavy (non-hydrogen) atoms. The Morgan fingerprint density at radius 1 is 1.35 bits per heavy atom. The first-order chi connectivity index (χ1) is 9.40. The smallest absolute Gasteiger partial charge is 0.249 e. The zero-order valence-corrected chi connectivity index (χ0v) is 13.0. The van der Waals surface area contributed by atoms with Gasteiger partial charge in [-0.05, 0) is 39.5 Å². The van der Waals surface area contributed by atoms with Crippen LogP contribution in [-0.4, -0.2) is 47.0 Å². The van der Waals surface area contributed by atoms with Crippen molar-refractivity contribution in [3.8, 4) is 0 Å². The van der Waals surface area contributed by atoms with Gasteiger partial charge in [-0.1, -0.05) is 13.8 Å². The molecule has 0 aliphatic carbocycles. The van der Waals surface area contributed by atoms with Gasteiger partial charge >= 0.3 is 0 Å². The monoisotopic (exact) mass is 282 g/mol. The zero-order chi connectivity index (χ0) is 15.0. The van der Waals surface area contributed by atoms with E-state index in [1.54, 1.807) is 4.90 Å². The molecule has 2 heterocycles. The summed E-state index contributed by atoms with van der Waals surface area (Å²) in [6.45, 7) is 9.01. The van der Waals surface area contributed by atoms with Crippen LogP contribution >= 0.6 is 0 Å². The maximum atomic E-state index is 13.0. The van der Waals surface area contributed by atoms with Gasteiger partial charge < -0.3 is 15.0 Å². The van der Waals surface area contributed by atoms with E-state index < -0.39 is 11.6 Å². The van der Waals surface area contributed by atoms with Gasteiger partial charge in [0.2, 0.25) is 11.8 Å². The van der Waals surface area contributed by atoms with Crippen molar-refractivity contribution in [2.75, 3.05) is 13.2 Å². The molecular weight excluding hydrogens is 256 g/mol. The standard InChI is InChI=1S/C15H26N2O3/c1-5-15(6-2)13(19)17(11(3)12(18)16-15)14(4)8-7-9-20-10-14/h11H,5-10H2,1-4H3,(H,16,18). The Kier molecular flexibility index (Phi) is 4.09. The van der Waals surface area contributed by atoms with Crippen molar-refractivity contribution in [1.82, 2.24) is 10.2 Å². The van der Waals surface area contributed by atoms with Gasteiger partial charge in [0, 0.05) is 6.61 Å². The highest BCUT2D eigenvalue weighted by atomic mass is 16.5. The minimum Gasteiger partial charge on any atom is -0.379 e. The summed E-state index contributed by atoms with van der Waals surface area (Å²) in [5.41, 5.74) is -1.12. The second-order valence-electron chi connectivity index (χ2n) is 6.28. The highest BCUT2D eigenvalue weighted by Crippen LogP contribution is 2.34. The van der Waals surface area contributed by atoms with E-state index in [2.05, 4.69) is 5.32 Å². The molecule has 2 unspecified atom stereocenters. The average Bonchev–Trinajstić information content (AvgIpc) is 2.44. The fraction of sp³-hybridized carbons (Fsp3) is 0.867. The van der Waals surface area contributed by atoms with Crippen LogP contribution in [0, 0.1) is 0 Å². The van der Waals surface area contributed by atoms with E-state index in [0.29, 0.717) is 19.4 Å². The van der Waals surface area contributed by atoms with Gasteiger partial charge in [0.1, 0.15) is 11.6 Å². The summed E-state index contributed by atoms with van der Waals surface area (Å²) in [6.07, 6.45) is 3.06. The van der Waals surface area contributed by atoms with E-state index in [4.69, 9.17) is 4.74 Å². The predicted octanol–water partition coefficient (Wildman–Crippen LogP) is 1.46. The molecule has 2 rings (SSSR count). The Morgan fingerprint density at radius 3 is 2.50 bits per heavy atom. The van der Waals surface area contributed by atoms with Crippen LogP contribution in [-0.2, 0) is 14.3 Å². The van der Waals surface area contributed by atoms with Gasteiger partial charge in [-0.15, -0.1) is 0 Å². The van der Waals surface area contributed by atoms with Crippen molar-refractivity contribution in [3.05, 3.63) is 0 Å². The van der Waals surface area contributed by atoms with Gasteiger partial charge in [0.15, 0.2) is 0 Å². The summed E-state index contributed by atoms with van der Waals surface area (Å²) in [7, 11) is 0. The minimum atomic E-state index is -0.746. The third-order valence-electron chi connectivity index (χ3n) is 4.96. The lowest BCUT2D eigenvalue weighted by Gasteiger charge is -2.53. The van der Waals surface area contributed by atoms with Crippen LogP contribution in [0.3, 0.4) is 0 Å². The van der Waals surface area contributed by atoms with Crippen LogP contribution in [0.25, 0.3) is 0 Å². The fourth-order valence-corrected chi connectivity index (χ4v) is 3.47. The van der Waals surface area contributed by atoms with Crippen molar-refractivity contribution in [1.29, 1.82) is 0 Å². The molecule has 2 aliphatic heterocycles. The molecule has 5 heteroatoms. The maximum absolute atomic E-state index is 13.0. The number of nitrogens with one attached hydrogen (secondary N) is 1. The van der Waals surface area contributed by atoms with Crippen LogP contribution in [0.15, 0.2) is 0 Å². The van der Waals surface area contributed by atoms with Crippen LogP contribution in [0.1, 0.15) is 53.4 Å².